The minimum absolute atomic E-state index is 0.418. The number of fused-ring (bicyclic) bond motifs is 1. The van der Waals surface area contributed by atoms with Crippen molar-refractivity contribution in [2.24, 2.45) is 5.73 Å². The first-order valence-corrected chi connectivity index (χ1v) is 6.76. The van der Waals surface area contributed by atoms with Gasteiger partial charge in [0.15, 0.2) is 0 Å². The lowest BCUT2D eigenvalue weighted by molar-refractivity contribution is 0.100. The molecule has 3 N–H and O–H groups in total. The lowest BCUT2D eigenvalue weighted by Gasteiger charge is -2.06. The van der Waals surface area contributed by atoms with E-state index in [1.807, 2.05) is 37.3 Å². The van der Waals surface area contributed by atoms with E-state index < -0.39 is 5.91 Å². The number of carbonyl (C=O) groups is 1. The fraction of sp³-hybridized carbons (Fsp3) is 0.118. The third-order valence-corrected chi connectivity index (χ3v) is 3.54. The number of para-hydroxylation sites is 1. The van der Waals surface area contributed by atoms with Gasteiger partial charge in [0.05, 0.1) is 0 Å². The highest BCUT2D eigenvalue weighted by Crippen LogP contribution is 2.26. The van der Waals surface area contributed by atoms with Gasteiger partial charge < -0.3 is 15.5 Å². The number of hydrogen-bond acceptors (Lipinski definition) is 3. The summed E-state index contributed by atoms with van der Waals surface area (Å²) in [6.45, 7) is 2.63. The molecule has 0 atom stereocenters. The summed E-state index contributed by atoms with van der Waals surface area (Å²) >= 11 is 0. The highest BCUT2D eigenvalue weighted by molar-refractivity contribution is 5.93. The van der Waals surface area contributed by atoms with Gasteiger partial charge in [-0.25, -0.2) is 0 Å². The van der Waals surface area contributed by atoms with Gasteiger partial charge in [-0.3, -0.25) is 4.79 Å². The number of nitrogens with two attached hydrogens (primary N) is 1. The topological polar surface area (TPSA) is 68.3 Å². The minimum atomic E-state index is -0.418. The Hall–Kier alpha value is -2.75. The average Bonchev–Trinajstić information content (AvgIpc) is 2.81. The molecule has 0 bridgehead atoms. The Balaban J connectivity index is 1.80. The van der Waals surface area contributed by atoms with Crippen LogP contribution in [-0.4, -0.2) is 5.91 Å². The van der Waals surface area contributed by atoms with Gasteiger partial charge >= 0.3 is 0 Å². The first-order valence-electron chi connectivity index (χ1n) is 6.76. The molecule has 3 aromatic rings. The second kappa shape index (κ2) is 5.32. The highest BCUT2D eigenvalue weighted by atomic mass is 16.3. The molecule has 1 amide bonds. The van der Waals surface area contributed by atoms with Crippen LogP contribution >= 0.6 is 0 Å². The first-order chi connectivity index (χ1) is 10.1. The maximum atomic E-state index is 11.0. The minimum Gasteiger partial charge on any atom is -0.461 e. The van der Waals surface area contributed by atoms with Gasteiger partial charge in [0.25, 0.3) is 0 Å². The van der Waals surface area contributed by atoms with Crippen molar-refractivity contribution in [3.63, 3.8) is 0 Å². The molecule has 106 valence electrons. The molecule has 0 saturated heterocycles. The number of anilines is 1. The standard InChI is InChI=1S/C17H16N2O2/c1-11-15(14-4-2-3-5-16(14)21-11)10-19-13-8-6-12(7-9-13)17(18)20/h2-9,19H,10H2,1H3,(H2,18,20). The van der Waals surface area contributed by atoms with Crippen molar-refractivity contribution in [2.45, 2.75) is 13.5 Å². The predicted molar refractivity (Wildman–Crippen MR) is 83.2 cm³/mol. The van der Waals surface area contributed by atoms with E-state index in [-0.39, 0.29) is 0 Å². The summed E-state index contributed by atoms with van der Waals surface area (Å²) in [5, 5.41) is 4.46. The Labute approximate surface area is 122 Å². The smallest absolute Gasteiger partial charge is 0.248 e. The van der Waals surface area contributed by atoms with Crippen LogP contribution in [0.5, 0.6) is 0 Å². The average molecular weight is 280 g/mol. The maximum Gasteiger partial charge on any atom is 0.248 e. The summed E-state index contributed by atoms with van der Waals surface area (Å²) < 4.78 is 5.74. The van der Waals surface area contributed by atoms with Gasteiger partial charge in [0.2, 0.25) is 5.91 Å². The van der Waals surface area contributed by atoms with E-state index in [1.54, 1.807) is 12.1 Å². The van der Waals surface area contributed by atoms with Gasteiger partial charge in [-0.1, -0.05) is 18.2 Å². The van der Waals surface area contributed by atoms with Crippen molar-refractivity contribution in [2.75, 3.05) is 5.32 Å². The second-order valence-electron chi connectivity index (χ2n) is 4.93. The summed E-state index contributed by atoms with van der Waals surface area (Å²) in [7, 11) is 0. The van der Waals surface area contributed by atoms with Crippen molar-refractivity contribution in [1.29, 1.82) is 0 Å². The van der Waals surface area contributed by atoms with Crippen molar-refractivity contribution in [3.8, 4) is 0 Å². The third kappa shape index (κ3) is 2.60. The highest BCUT2D eigenvalue weighted by Gasteiger charge is 2.09. The number of hydrogen-bond donors (Lipinski definition) is 2. The van der Waals surface area contributed by atoms with Crippen LogP contribution < -0.4 is 11.1 Å². The summed E-state index contributed by atoms with van der Waals surface area (Å²) in [6, 6.07) is 15.1. The zero-order valence-electron chi connectivity index (χ0n) is 11.7. The van der Waals surface area contributed by atoms with E-state index in [4.69, 9.17) is 10.2 Å². The number of primary amides is 1. The molecule has 4 heteroatoms. The molecule has 0 aliphatic carbocycles. The molecular formula is C17H16N2O2. The molecule has 2 aromatic carbocycles. The number of benzene rings is 2. The molecule has 3 rings (SSSR count). The maximum absolute atomic E-state index is 11.0. The molecule has 21 heavy (non-hydrogen) atoms. The van der Waals surface area contributed by atoms with Crippen LogP contribution in [0.25, 0.3) is 11.0 Å². The molecule has 1 aromatic heterocycles. The van der Waals surface area contributed by atoms with Crippen LogP contribution in [0, 0.1) is 6.92 Å². The molecule has 0 saturated carbocycles. The number of furan rings is 1. The van der Waals surface area contributed by atoms with Gasteiger partial charge in [0, 0.05) is 28.7 Å². The van der Waals surface area contributed by atoms with Crippen molar-refractivity contribution >= 4 is 22.6 Å². The van der Waals surface area contributed by atoms with Crippen LogP contribution in [0.2, 0.25) is 0 Å². The second-order valence-corrected chi connectivity index (χ2v) is 4.93. The van der Waals surface area contributed by atoms with E-state index in [0.717, 1.165) is 28.0 Å². The fourth-order valence-corrected chi connectivity index (χ4v) is 2.38. The summed E-state index contributed by atoms with van der Waals surface area (Å²) in [6.07, 6.45) is 0. The normalized spacial score (nSPS) is 10.7. The monoisotopic (exact) mass is 280 g/mol. The Morgan fingerprint density at radius 1 is 1.14 bits per heavy atom. The molecular weight excluding hydrogens is 264 g/mol. The van der Waals surface area contributed by atoms with Crippen molar-refractivity contribution < 1.29 is 9.21 Å². The number of rotatable bonds is 4. The van der Waals surface area contributed by atoms with Crippen LogP contribution in [0.4, 0.5) is 5.69 Å². The lowest BCUT2D eigenvalue weighted by Crippen LogP contribution is -2.10. The molecule has 0 spiro atoms. The van der Waals surface area contributed by atoms with Gasteiger partial charge in [0.1, 0.15) is 11.3 Å². The Bertz CT molecular complexity index is 788. The summed E-state index contributed by atoms with van der Waals surface area (Å²) in [5.74, 6) is 0.496. The third-order valence-electron chi connectivity index (χ3n) is 3.54. The van der Waals surface area contributed by atoms with E-state index in [0.29, 0.717) is 12.1 Å². The van der Waals surface area contributed by atoms with Gasteiger partial charge in [-0.15, -0.1) is 0 Å². The van der Waals surface area contributed by atoms with Crippen molar-refractivity contribution in [3.05, 3.63) is 65.4 Å². The Morgan fingerprint density at radius 2 is 1.86 bits per heavy atom. The van der Waals surface area contributed by atoms with Gasteiger partial charge in [-0.05, 0) is 37.3 Å². The van der Waals surface area contributed by atoms with E-state index >= 15 is 0 Å². The molecule has 0 fully saturated rings. The summed E-state index contributed by atoms with van der Waals surface area (Å²) in [5.41, 5.74) is 8.71. The first kappa shape index (κ1) is 13.2. The molecule has 0 radical (unpaired) electrons. The SMILES string of the molecule is Cc1oc2ccccc2c1CNc1ccc(C(N)=O)cc1. The predicted octanol–water partition coefficient (Wildman–Crippen LogP) is 3.45. The van der Waals surface area contributed by atoms with Gasteiger partial charge in [-0.2, -0.15) is 0 Å². The van der Waals surface area contributed by atoms with E-state index in [1.165, 1.54) is 0 Å². The van der Waals surface area contributed by atoms with E-state index in [2.05, 4.69) is 11.4 Å². The van der Waals surface area contributed by atoms with Crippen LogP contribution in [0.15, 0.2) is 52.9 Å². The largest absolute Gasteiger partial charge is 0.461 e. The molecule has 0 aliphatic rings. The fourth-order valence-electron chi connectivity index (χ4n) is 2.38. The van der Waals surface area contributed by atoms with Crippen LogP contribution in [0.3, 0.4) is 0 Å². The molecule has 1 heterocycles. The Kier molecular flexibility index (Phi) is 3.36. The lowest BCUT2D eigenvalue weighted by atomic mass is 10.1. The zero-order valence-corrected chi connectivity index (χ0v) is 11.7. The number of nitrogens with one attached hydrogen (secondary N) is 1. The number of amides is 1. The molecule has 0 unspecified atom stereocenters. The molecule has 0 aliphatic heterocycles. The zero-order chi connectivity index (χ0) is 14.8. The quantitative estimate of drug-likeness (QED) is 0.769. The van der Waals surface area contributed by atoms with E-state index in [9.17, 15) is 4.79 Å². The summed E-state index contributed by atoms with van der Waals surface area (Å²) in [4.78, 5) is 11.0. The van der Waals surface area contributed by atoms with Crippen LogP contribution in [0.1, 0.15) is 21.7 Å². The number of carbonyl (C=O) groups excluding carboxylic acids is 1. The van der Waals surface area contributed by atoms with Crippen molar-refractivity contribution in [1.82, 2.24) is 0 Å². The number of aryl methyl sites for hydroxylation is 1. The Morgan fingerprint density at radius 3 is 2.57 bits per heavy atom. The molecule has 4 nitrogen and oxygen atoms in total. The van der Waals surface area contributed by atoms with Crippen LogP contribution in [-0.2, 0) is 6.54 Å².